The Balaban J connectivity index is 2.03. The molecule has 3 nitrogen and oxygen atoms in total. The molecule has 2 rings (SSSR count). The molecule has 0 aliphatic carbocycles. The molecule has 1 aliphatic rings. The van der Waals surface area contributed by atoms with Gasteiger partial charge in [0, 0.05) is 18.8 Å². The Hall–Kier alpha value is -1.51. The Bertz CT molecular complexity index is 357. The van der Waals surface area contributed by atoms with E-state index < -0.39 is 0 Å². The quantitative estimate of drug-likeness (QED) is 0.839. The van der Waals surface area contributed by atoms with Crippen LogP contribution in [0.1, 0.15) is 13.8 Å². The number of guanidine groups is 1. The summed E-state index contributed by atoms with van der Waals surface area (Å²) in [5.41, 5.74) is 1.22. The summed E-state index contributed by atoms with van der Waals surface area (Å²) >= 11 is 0. The molecule has 0 unspecified atom stereocenters. The largest absolute Gasteiger partial charge is 0.356 e. The summed E-state index contributed by atoms with van der Waals surface area (Å²) in [7, 11) is 0. The monoisotopic (exact) mass is 217 g/mol. The van der Waals surface area contributed by atoms with E-state index in [1.165, 1.54) is 5.69 Å². The van der Waals surface area contributed by atoms with Crippen molar-refractivity contribution in [3.63, 3.8) is 0 Å². The Morgan fingerprint density at radius 2 is 2.06 bits per heavy atom. The van der Waals surface area contributed by atoms with E-state index in [-0.39, 0.29) is 0 Å². The second-order valence-electron chi connectivity index (χ2n) is 4.47. The molecule has 0 spiro atoms. The van der Waals surface area contributed by atoms with E-state index in [1.54, 1.807) is 0 Å². The van der Waals surface area contributed by atoms with Crippen LogP contribution in [0.3, 0.4) is 0 Å². The molecule has 16 heavy (non-hydrogen) atoms. The highest BCUT2D eigenvalue weighted by Crippen LogP contribution is 2.15. The topological polar surface area (TPSA) is 27.6 Å². The predicted molar refractivity (Wildman–Crippen MR) is 68.9 cm³/mol. The third-order valence-corrected chi connectivity index (χ3v) is 2.58. The Labute approximate surface area is 97.2 Å². The number of nitrogens with zero attached hydrogens (tertiary/aromatic N) is 2. The zero-order valence-electron chi connectivity index (χ0n) is 9.98. The maximum atomic E-state index is 4.50. The first-order valence-corrected chi connectivity index (χ1v) is 5.88. The van der Waals surface area contributed by atoms with Crippen LogP contribution in [-0.4, -0.2) is 25.6 Å². The van der Waals surface area contributed by atoms with Crippen LogP contribution in [0, 0.1) is 5.92 Å². The third kappa shape index (κ3) is 2.54. The standard InChI is InChI=1S/C13H19N3/c1-11(2)10-15-13-14-8-9-16(13)12-6-4-3-5-7-12/h3-7,11H,8-10H2,1-2H3,(H,14,15). The van der Waals surface area contributed by atoms with Crippen molar-refractivity contribution >= 4 is 11.6 Å². The molecule has 3 heteroatoms. The average Bonchev–Trinajstić information content (AvgIpc) is 2.75. The number of para-hydroxylation sites is 1. The van der Waals surface area contributed by atoms with Gasteiger partial charge in [0.25, 0.3) is 0 Å². The van der Waals surface area contributed by atoms with Crippen LogP contribution in [0.2, 0.25) is 0 Å². The van der Waals surface area contributed by atoms with Gasteiger partial charge in [-0.25, -0.2) is 0 Å². The van der Waals surface area contributed by atoms with Crippen molar-refractivity contribution in [1.82, 2.24) is 5.32 Å². The van der Waals surface area contributed by atoms with E-state index >= 15 is 0 Å². The second kappa shape index (κ2) is 5.01. The highest BCUT2D eigenvalue weighted by Gasteiger charge is 2.17. The van der Waals surface area contributed by atoms with Crippen LogP contribution >= 0.6 is 0 Å². The van der Waals surface area contributed by atoms with Crippen LogP contribution in [0.25, 0.3) is 0 Å². The first-order valence-electron chi connectivity index (χ1n) is 5.88. The molecule has 0 fully saturated rings. The first kappa shape index (κ1) is 11.0. The summed E-state index contributed by atoms with van der Waals surface area (Å²) in [4.78, 5) is 6.74. The first-order chi connectivity index (χ1) is 7.77. The lowest BCUT2D eigenvalue weighted by Gasteiger charge is -2.21. The van der Waals surface area contributed by atoms with Crippen LogP contribution < -0.4 is 10.2 Å². The van der Waals surface area contributed by atoms with Crippen molar-refractivity contribution < 1.29 is 0 Å². The van der Waals surface area contributed by atoms with Crippen molar-refractivity contribution in [2.75, 3.05) is 24.5 Å². The molecule has 0 radical (unpaired) electrons. The predicted octanol–water partition coefficient (Wildman–Crippen LogP) is 2.11. The fourth-order valence-corrected chi connectivity index (χ4v) is 1.75. The maximum Gasteiger partial charge on any atom is 0.198 e. The summed E-state index contributed by atoms with van der Waals surface area (Å²) < 4.78 is 0. The Morgan fingerprint density at radius 1 is 1.31 bits per heavy atom. The van der Waals surface area contributed by atoms with Crippen molar-refractivity contribution in [2.24, 2.45) is 10.9 Å². The van der Waals surface area contributed by atoms with Crippen molar-refractivity contribution in [1.29, 1.82) is 0 Å². The molecular formula is C13H19N3. The lowest BCUT2D eigenvalue weighted by Crippen LogP contribution is -2.40. The van der Waals surface area contributed by atoms with Gasteiger partial charge in [-0.1, -0.05) is 32.0 Å². The lowest BCUT2D eigenvalue weighted by atomic mass is 10.2. The smallest absolute Gasteiger partial charge is 0.198 e. The summed E-state index contributed by atoms with van der Waals surface area (Å²) in [6, 6.07) is 10.4. The van der Waals surface area contributed by atoms with Gasteiger partial charge in [0.15, 0.2) is 5.96 Å². The van der Waals surface area contributed by atoms with Gasteiger partial charge < -0.3 is 10.2 Å². The molecule has 0 amide bonds. The number of hydrogen-bond donors (Lipinski definition) is 1. The number of rotatable bonds is 3. The molecule has 86 valence electrons. The normalized spacial score (nSPS) is 15.4. The van der Waals surface area contributed by atoms with Gasteiger partial charge in [-0.3, -0.25) is 4.99 Å². The number of benzene rings is 1. The molecule has 0 saturated heterocycles. The molecule has 1 aromatic rings. The van der Waals surface area contributed by atoms with Crippen LogP contribution in [0.4, 0.5) is 5.69 Å². The van der Waals surface area contributed by atoms with E-state index in [2.05, 4.69) is 53.3 Å². The van der Waals surface area contributed by atoms with Crippen molar-refractivity contribution in [3.8, 4) is 0 Å². The minimum Gasteiger partial charge on any atom is -0.356 e. The van der Waals surface area contributed by atoms with Gasteiger partial charge in [-0.05, 0) is 18.1 Å². The van der Waals surface area contributed by atoms with E-state index in [0.29, 0.717) is 5.92 Å². The van der Waals surface area contributed by atoms with Gasteiger partial charge in [-0.15, -0.1) is 0 Å². The fourth-order valence-electron chi connectivity index (χ4n) is 1.75. The van der Waals surface area contributed by atoms with E-state index in [0.717, 1.165) is 25.6 Å². The maximum absolute atomic E-state index is 4.50. The minimum absolute atomic E-state index is 0.640. The highest BCUT2D eigenvalue weighted by molar-refractivity contribution is 5.97. The molecular weight excluding hydrogens is 198 g/mol. The van der Waals surface area contributed by atoms with E-state index in [4.69, 9.17) is 0 Å². The lowest BCUT2D eigenvalue weighted by molar-refractivity contribution is 0.622. The minimum atomic E-state index is 0.640. The zero-order chi connectivity index (χ0) is 11.4. The molecule has 0 bridgehead atoms. The van der Waals surface area contributed by atoms with Gasteiger partial charge in [-0.2, -0.15) is 0 Å². The SMILES string of the molecule is CC(C)CNC1=NCCN1c1ccccc1. The Morgan fingerprint density at radius 3 is 2.75 bits per heavy atom. The van der Waals surface area contributed by atoms with Gasteiger partial charge in [0.1, 0.15) is 0 Å². The summed E-state index contributed by atoms with van der Waals surface area (Å²) in [5, 5.41) is 3.41. The summed E-state index contributed by atoms with van der Waals surface area (Å²) in [6.45, 7) is 7.24. The fraction of sp³-hybridized carbons (Fsp3) is 0.462. The van der Waals surface area contributed by atoms with E-state index in [1.807, 2.05) is 6.07 Å². The van der Waals surface area contributed by atoms with Gasteiger partial charge in [0.2, 0.25) is 0 Å². The van der Waals surface area contributed by atoms with Crippen LogP contribution in [0.15, 0.2) is 35.3 Å². The number of anilines is 1. The van der Waals surface area contributed by atoms with Gasteiger partial charge in [0.05, 0.1) is 6.54 Å². The number of nitrogens with one attached hydrogen (secondary N) is 1. The third-order valence-electron chi connectivity index (χ3n) is 2.58. The average molecular weight is 217 g/mol. The van der Waals surface area contributed by atoms with Crippen molar-refractivity contribution in [3.05, 3.63) is 30.3 Å². The molecule has 1 N–H and O–H groups in total. The second-order valence-corrected chi connectivity index (χ2v) is 4.47. The van der Waals surface area contributed by atoms with Crippen molar-refractivity contribution in [2.45, 2.75) is 13.8 Å². The molecule has 0 aromatic heterocycles. The summed E-state index contributed by atoms with van der Waals surface area (Å²) in [5.74, 6) is 1.65. The number of aliphatic imine (C=N–C) groups is 1. The number of hydrogen-bond acceptors (Lipinski definition) is 3. The van der Waals surface area contributed by atoms with E-state index in [9.17, 15) is 0 Å². The molecule has 1 heterocycles. The molecule has 0 atom stereocenters. The summed E-state index contributed by atoms with van der Waals surface area (Å²) in [6.07, 6.45) is 0. The molecule has 1 aromatic carbocycles. The van der Waals surface area contributed by atoms with Gasteiger partial charge >= 0.3 is 0 Å². The van der Waals surface area contributed by atoms with Crippen LogP contribution in [0.5, 0.6) is 0 Å². The highest BCUT2D eigenvalue weighted by atomic mass is 15.3. The van der Waals surface area contributed by atoms with Crippen LogP contribution in [-0.2, 0) is 0 Å². The molecule has 0 saturated carbocycles. The molecule has 1 aliphatic heterocycles. The Kier molecular flexibility index (Phi) is 3.44. The zero-order valence-corrected chi connectivity index (χ0v) is 9.98.